The zero-order valence-electron chi connectivity index (χ0n) is 12.5. The van der Waals surface area contributed by atoms with Crippen LogP contribution < -0.4 is 4.72 Å². The average molecular weight is 329 g/mol. The molecule has 3 aromatic rings. The minimum Gasteiger partial charge on any atom is -0.335 e. The van der Waals surface area contributed by atoms with Crippen molar-refractivity contribution in [1.82, 2.24) is 14.9 Å². The molecule has 2 heterocycles. The van der Waals surface area contributed by atoms with Crippen LogP contribution in [0.15, 0.2) is 52.0 Å². The van der Waals surface area contributed by atoms with Crippen molar-refractivity contribution in [1.29, 1.82) is 0 Å². The first-order valence-corrected chi connectivity index (χ1v) is 8.80. The van der Waals surface area contributed by atoms with E-state index in [1.807, 2.05) is 37.3 Å². The summed E-state index contributed by atoms with van der Waals surface area (Å²) in [6.45, 7) is 1.89. The molecular weight excluding hydrogens is 314 g/mol. The average Bonchev–Trinajstić information content (AvgIpc) is 3.11. The molecule has 0 saturated heterocycles. The molecule has 0 radical (unpaired) electrons. The Labute approximate surface area is 133 Å². The second-order valence-electron chi connectivity index (χ2n) is 6.09. The fourth-order valence-electron chi connectivity index (χ4n) is 2.44. The van der Waals surface area contributed by atoms with E-state index < -0.39 is 10.0 Å². The van der Waals surface area contributed by atoms with E-state index in [0.717, 1.165) is 18.4 Å². The van der Waals surface area contributed by atoms with E-state index in [0.29, 0.717) is 16.8 Å². The van der Waals surface area contributed by atoms with Crippen LogP contribution in [0.25, 0.3) is 22.4 Å². The van der Waals surface area contributed by atoms with Gasteiger partial charge in [-0.05, 0) is 25.8 Å². The van der Waals surface area contributed by atoms with Gasteiger partial charge in [-0.1, -0.05) is 35.5 Å². The number of hydrogen-bond acceptors (Lipinski definition) is 5. The van der Waals surface area contributed by atoms with Gasteiger partial charge in [0.2, 0.25) is 10.0 Å². The van der Waals surface area contributed by atoms with Crippen molar-refractivity contribution in [3.05, 3.63) is 42.6 Å². The molecule has 0 spiro atoms. The first-order chi connectivity index (χ1) is 11.0. The Morgan fingerprint density at radius 3 is 2.65 bits per heavy atom. The van der Waals surface area contributed by atoms with Crippen LogP contribution in [-0.2, 0) is 10.0 Å². The second kappa shape index (κ2) is 4.87. The van der Waals surface area contributed by atoms with Crippen molar-refractivity contribution < 1.29 is 12.9 Å². The Bertz CT molecular complexity index is 976. The summed E-state index contributed by atoms with van der Waals surface area (Å²) in [4.78, 5) is 4.22. The fourth-order valence-corrected chi connectivity index (χ4v) is 3.87. The lowest BCUT2D eigenvalue weighted by molar-refractivity contribution is 0.451. The lowest BCUT2D eigenvalue weighted by Crippen LogP contribution is -2.34. The number of hydrogen-bond donors (Lipinski definition) is 1. The number of fused-ring (bicyclic) bond motifs is 1. The topological polar surface area (TPSA) is 85.1 Å². The first kappa shape index (κ1) is 14.3. The zero-order chi connectivity index (χ0) is 16.1. The van der Waals surface area contributed by atoms with Gasteiger partial charge in [-0.15, -0.1) is 0 Å². The minimum atomic E-state index is -3.61. The maximum absolute atomic E-state index is 12.5. The molecule has 0 amide bonds. The Kier molecular flexibility index (Phi) is 3.04. The van der Waals surface area contributed by atoms with Crippen molar-refractivity contribution in [3.63, 3.8) is 0 Å². The Morgan fingerprint density at radius 2 is 1.96 bits per heavy atom. The number of rotatable bonds is 4. The van der Waals surface area contributed by atoms with E-state index in [1.165, 1.54) is 6.20 Å². The molecule has 7 heteroatoms. The number of nitrogens with zero attached hydrogens (tertiary/aromatic N) is 2. The summed E-state index contributed by atoms with van der Waals surface area (Å²) in [5, 5.41) is 4.61. The first-order valence-electron chi connectivity index (χ1n) is 7.32. The van der Waals surface area contributed by atoms with Gasteiger partial charge in [-0.3, -0.25) is 0 Å². The summed E-state index contributed by atoms with van der Waals surface area (Å²) in [7, 11) is -3.61. The molecule has 1 fully saturated rings. The normalized spacial score (nSPS) is 16.6. The third-order valence-corrected chi connectivity index (χ3v) is 5.65. The van der Waals surface area contributed by atoms with E-state index in [4.69, 9.17) is 4.52 Å². The van der Waals surface area contributed by atoms with Gasteiger partial charge in [0.15, 0.2) is 0 Å². The van der Waals surface area contributed by atoms with Gasteiger partial charge >= 0.3 is 0 Å². The zero-order valence-corrected chi connectivity index (χ0v) is 13.3. The molecule has 118 valence electrons. The highest BCUT2D eigenvalue weighted by molar-refractivity contribution is 7.89. The van der Waals surface area contributed by atoms with Crippen molar-refractivity contribution in [2.45, 2.75) is 30.2 Å². The molecule has 1 aliphatic rings. The van der Waals surface area contributed by atoms with Gasteiger partial charge < -0.3 is 4.52 Å². The molecule has 23 heavy (non-hydrogen) atoms. The summed E-state index contributed by atoms with van der Waals surface area (Å²) < 4.78 is 32.9. The highest BCUT2D eigenvalue weighted by Gasteiger charge is 2.41. The van der Waals surface area contributed by atoms with Gasteiger partial charge in [0.05, 0.1) is 11.6 Å². The lowest BCUT2D eigenvalue weighted by Gasteiger charge is -2.11. The van der Waals surface area contributed by atoms with Crippen LogP contribution in [0.1, 0.15) is 19.8 Å². The summed E-state index contributed by atoms with van der Waals surface area (Å²) >= 11 is 0. The third-order valence-electron chi connectivity index (χ3n) is 4.04. The molecule has 6 nitrogen and oxygen atoms in total. The van der Waals surface area contributed by atoms with Crippen LogP contribution in [0.5, 0.6) is 0 Å². The van der Waals surface area contributed by atoms with Crippen LogP contribution in [0.2, 0.25) is 0 Å². The SMILES string of the molecule is CC1(NS(=O)(=O)c2cnc3onc(-c4ccccc4)c3c2)CC1. The number of aromatic nitrogens is 2. The van der Waals surface area contributed by atoms with Crippen molar-refractivity contribution in [2.75, 3.05) is 0 Å². The molecule has 1 N–H and O–H groups in total. The number of pyridine rings is 1. The van der Waals surface area contributed by atoms with Crippen LogP contribution >= 0.6 is 0 Å². The van der Waals surface area contributed by atoms with E-state index in [9.17, 15) is 8.42 Å². The molecular formula is C16H15N3O3S. The molecule has 1 aromatic carbocycles. The van der Waals surface area contributed by atoms with E-state index in [1.54, 1.807) is 6.07 Å². The lowest BCUT2D eigenvalue weighted by atomic mass is 10.1. The van der Waals surface area contributed by atoms with E-state index in [-0.39, 0.29) is 10.4 Å². The Morgan fingerprint density at radius 1 is 1.22 bits per heavy atom. The van der Waals surface area contributed by atoms with Gasteiger partial charge in [0, 0.05) is 11.1 Å². The molecule has 1 aliphatic carbocycles. The quantitative estimate of drug-likeness (QED) is 0.795. The molecule has 0 atom stereocenters. The third kappa shape index (κ3) is 2.62. The van der Waals surface area contributed by atoms with Gasteiger partial charge in [0.1, 0.15) is 10.6 Å². The Balaban J connectivity index is 1.81. The highest BCUT2D eigenvalue weighted by atomic mass is 32.2. The van der Waals surface area contributed by atoms with Crippen LogP contribution in [0.4, 0.5) is 0 Å². The molecule has 1 saturated carbocycles. The molecule has 0 aliphatic heterocycles. The number of sulfonamides is 1. The van der Waals surface area contributed by atoms with Crippen LogP contribution in [0, 0.1) is 0 Å². The number of nitrogens with one attached hydrogen (secondary N) is 1. The molecule has 0 unspecified atom stereocenters. The van der Waals surface area contributed by atoms with Gasteiger partial charge in [0.25, 0.3) is 5.71 Å². The monoisotopic (exact) mass is 329 g/mol. The predicted molar refractivity (Wildman–Crippen MR) is 85.2 cm³/mol. The van der Waals surface area contributed by atoms with Gasteiger partial charge in [-0.2, -0.15) is 0 Å². The minimum absolute atomic E-state index is 0.124. The smallest absolute Gasteiger partial charge is 0.258 e. The fraction of sp³-hybridized carbons (Fsp3) is 0.250. The summed E-state index contributed by atoms with van der Waals surface area (Å²) in [5.41, 5.74) is 1.43. The Hall–Kier alpha value is -2.25. The van der Waals surface area contributed by atoms with Crippen molar-refractivity contribution >= 4 is 21.1 Å². The summed E-state index contributed by atoms with van der Waals surface area (Å²) in [6, 6.07) is 11.0. The predicted octanol–water partition coefficient (Wildman–Crippen LogP) is 2.72. The maximum atomic E-state index is 12.5. The summed E-state index contributed by atoms with van der Waals surface area (Å²) in [5.74, 6) is 0. The van der Waals surface area contributed by atoms with E-state index >= 15 is 0 Å². The van der Waals surface area contributed by atoms with E-state index in [2.05, 4.69) is 14.9 Å². The van der Waals surface area contributed by atoms with Crippen molar-refractivity contribution in [2.24, 2.45) is 0 Å². The van der Waals surface area contributed by atoms with Crippen molar-refractivity contribution in [3.8, 4) is 11.3 Å². The summed E-state index contributed by atoms with van der Waals surface area (Å²) in [6.07, 6.45) is 3.01. The molecule has 0 bridgehead atoms. The van der Waals surface area contributed by atoms with Crippen LogP contribution in [0.3, 0.4) is 0 Å². The largest absolute Gasteiger partial charge is 0.335 e. The number of benzene rings is 1. The standard InChI is InChI=1S/C16H15N3O3S/c1-16(7-8-16)19-23(20,21)12-9-13-14(11-5-3-2-4-6-11)18-22-15(13)17-10-12/h2-6,9-10,19H,7-8H2,1H3. The maximum Gasteiger partial charge on any atom is 0.258 e. The molecule has 2 aromatic heterocycles. The van der Waals surface area contributed by atoms with Gasteiger partial charge in [-0.25, -0.2) is 18.1 Å². The second-order valence-corrected chi connectivity index (χ2v) is 7.77. The van der Waals surface area contributed by atoms with Crippen LogP contribution in [-0.4, -0.2) is 24.1 Å². The highest BCUT2D eigenvalue weighted by Crippen LogP contribution is 2.36. The molecule has 4 rings (SSSR count).